The molecular weight excluding hydrogens is 367 g/mol. The Morgan fingerprint density at radius 2 is 1.63 bits per heavy atom. The summed E-state index contributed by atoms with van der Waals surface area (Å²) in [5.74, 6) is -0.191. The lowest BCUT2D eigenvalue weighted by molar-refractivity contribution is -0.132. The van der Waals surface area contributed by atoms with Crippen molar-refractivity contribution in [3.63, 3.8) is 0 Å². The monoisotopic (exact) mass is 388 g/mol. The molecule has 0 bridgehead atoms. The second kappa shape index (κ2) is 9.11. The quantitative estimate of drug-likeness (QED) is 0.712. The first-order valence-electron chi connectivity index (χ1n) is 9.05. The first-order valence-corrected chi connectivity index (χ1v) is 9.43. The number of rotatable bonds is 6. The molecule has 27 heavy (non-hydrogen) atoms. The molecule has 3 rings (SSSR count). The SMILES string of the molecule is O=C(CN1CCN(C(=O)CCc2ccccc2F)CC1)c1ccc(Cl)cc1. The predicted octanol–water partition coefficient (Wildman–Crippen LogP) is 3.44. The van der Waals surface area contributed by atoms with Gasteiger partial charge in [0, 0.05) is 43.2 Å². The number of amides is 1. The molecule has 0 N–H and O–H groups in total. The van der Waals surface area contributed by atoms with Gasteiger partial charge in [-0.25, -0.2) is 4.39 Å². The third kappa shape index (κ3) is 5.37. The Labute approximate surface area is 163 Å². The fourth-order valence-electron chi connectivity index (χ4n) is 3.19. The number of Topliss-reactive ketones (excluding diaryl/α,β-unsaturated/α-hetero) is 1. The Hall–Kier alpha value is -2.24. The number of nitrogens with zero attached hydrogens (tertiary/aromatic N) is 2. The Morgan fingerprint density at radius 1 is 0.963 bits per heavy atom. The second-order valence-electron chi connectivity index (χ2n) is 6.68. The number of carbonyl (C=O) groups excluding carboxylic acids is 2. The van der Waals surface area contributed by atoms with Gasteiger partial charge >= 0.3 is 0 Å². The van der Waals surface area contributed by atoms with Crippen LogP contribution in [0.5, 0.6) is 0 Å². The zero-order valence-corrected chi connectivity index (χ0v) is 15.8. The molecule has 1 fully saturated rings. The van der Waals surface area contributed by atoms with E-state index in [1.807, 2.05) is 0 Å². The van der Waals surface area contributed by atoms with Crippen molar-refractivity contribution in [1.29, 1.82) is 0 Å². The van der Waals surface area contributed by atoms with Crippen molar-refractivity contribution in [2.75, 3.05) is 32.7 Å². The fraction of sp³-hybridized carbons (Fsp3) is 0.333. The summed E-state index contributed by atoms with van der Waals surface area (Å²) in [6.45, 7) is 2.82. The molecule has 0 spiro atoms. The molecular formula is C21H22ClFN2O2. The minimum absolute atomic E-state index is 0.0296. The van der Waals surface area contributed by atoms with Crippen LogP contribution in [0.4, 0.5) is 4.39 Å². The number of benzene rings is 2. The largest absolute Gasteiger partial charge is 0.340 e. The van der Waals surface area contributed by atoms with Crippen LogP contribution >= 0.6 is 11.6 Å². The number of aryl methyl sites for hydroxylation is 1. The summed E-state index contributed by atoms with van der Waals surface area (Å²) in [4.78, 5) is 28.5. The Bertz CT molecular complexity index is 802. The van der Waals surface area contributed by atoms with Crippen molar-refractivity contribution in [3.05, 3.63) is 70.5 Å². The highest BCUT2D eigenvalue weighted by Gasteiger charge is 2.22. The molecule has 1 saturated heterocycles. The molecule has 1 aliphatic heterocycles. The van der Waals surface area contributed by atoms with Gasteiger partial charge < -0.3 is 4.90 Å². The summed E-state index contributed by atoms with van der Waals surface area (Å²) < 4.78 is 13.6. The van der Waals surface area contributed by atoms with E-state index in [2.05, 4.69) is 4.90 Å². The molecule has 0 aliphatic carbocycles. The average molecular weight is 389 g/mol. The van der Waals surface area contributed by atoms with Gasteiger partial charge in [-0.1, -0.05) is 29.8 Å². The first kappa shape index (κ1) is 19.5. The Balaban J connectivity index is 1.44. The smallest absolute Gasteiger partial charge is 0.222 e. The second-order valence-corrected chi connectivity index (χ2v) is 7.11. The third-order valence-electron chi connectivity index (χ3n) is 4.82. The fourth-order valence-corrected chi connectivity index (χ4v) is 3.31. The third-order valence-corrected chi connectivity index (χ3v) is 5.08. The van der Waals surface area contributed by atoms with Crippen molar-refractivity contribution in [2.45, 2.75) is 12.8 Å². The van der Waals surface area contributed by atoms with Crippen molar-refractivity contribution >= 4 is 23.3 Å². The van der Waals surface area contributed by atoms with Crippen molar-refractivity contribution in [1.82, 2.24) is 9.80 Å². The number of hydrogen-bond acceptors (Lipinski definition) is 3. The number of piperazine rings is 1. The predicted molar refractivity (Wildman–Crippen MR) is 104 cm³/mol. The summed E-state index contributed by atoms with van der Waals surface area (Å²) in [7, 11) is 0. The van der Waals surface area contributed by atoms with E-state index in [-0.39, 0.29) is 17.5 Å². The lowest BCUT2D eigenvalue weighted by Crippen LogP contribution is -2.50. The molecule has 0 aromatic heterocycles. The van der Waals surface area contributed by atoms with E-state index in [0.717, 1.165) is 0 Å². The van der Waals surface area contributed by atoms with Crippen LogP contribution in [0.3, 0.4) is 0 Å². The summed E-state index contributed by atoms with van der Waals surface area (Å²) in [5, 5.41) is 0.606. The zero-order valence-electron chi connectivity index (χ0n) is 15.0. The van der Waals surface area contributed by atoms with Crippen LogP contribution in [0, 0.1) is 5.82 Å². The van der Waals surface area contributed by atoms with E-state index in [0.29, 0.717) is 61.7 Å². The van der Waals surface area contributed by atoms with Crippen molar-refractivity contribution < 1.29 is 14.0 Å². The highest BCUT2D eigenvalue weighted by Crippen LogP contribution is 2.13. The molecule has 2 aromatic carbocycles. The van der Waals surface area contributed by atoms with E-state index in [1.165, 1.54) is 6.07 Å². The topological polar surface area (TPSA) is 40.6 Å². The highest BCUT2D eigenvalue weighted by atomic mass is 35.5. The molecule has 0 unspecified atom stereocenters. The van der Waals surface area contributed by atoms with Crippen LogP contribution in [-0.4, -0.2) is 54.2 Å². The van der Waals surface area contributed by atoms with Gasteiger partial charge in [-0.15, -0.1) is 0 Å². The minimum atomic E-state index is -0.268. The van der Waals surface area contributed by atoms with Crippen LogP contribution in [0.1, 0.15) is 22.3 Å². The summed E-state index contributed by atoms with van der Waals surface area (Å²) in [6, 6.07) is 13.4. The molecule has 0 radical (unpaired) electrons. The van der Waals surface area contributed by atoms with Gasteiger partial charge in [0.15, 0.2) is 5.78 Å². The van der Waals surface area contributed by atoms with Crippen LogP contribution < -0.4 is 0 Å². The molecule has 0 atom stereocenters. The number of halogens is 2. The first-order chi connectivity index (χ1) is 13.0. The van der Waals surface area contributed by atoms with Crippen LogP contribution in [0.2, 0.25) is 5.02 Å². The zero-order chi connectivity index (χ0) is 19.2. The molecule has 142 valence electrons. The average Bonchev–Trinajstić information content (AvgIpc) is 2.68. The van der Waals surface area contributed by atoms with E-state index in [4.69, 9.17) is 11.6 Å². The Kier molecular flexibility index (Phi) is 6.58. The molecule has 1 heterocycles. The molecule has 0 saturated carbocycles. The van der Waals surface area contributed by atoms with E-state index < -0.39 is 0 Å². The molecule has 1 amide bonds. The van der Waals surface area contributed by atoms with Crippen molar-refractivity contribution in [2.24, 2.45) is 0 Å². The minimum Gasteiger partial charge on any atom is -0.340 e. The maximum Gasteiger partial charge on any atom is 0.222 e. The number of hydrogen-bond donors (Lipinski definition) is 0. The Morgan fingerprint density at radius 3 is 2.30 bits per heavy atom. The molecule has 4 nitrogen and oxygen atoms in total. The molecule has 2 aromatic rings. The summed E-state index contributed by atoms with van der Waals surface area (Å²) >= 11 is 5.85. The van der Waals surface area contributed by atoms with Gasteiger partial charge in [0.2, 0.25) is 5.91 Å². The number of ketones is 1. The van der Waals surface area contributed by atoms with Gasteiger partial charge in [-0.3, -0.25) is 14.5 Å². The molecule has 6 heteroatoms. The summed E-state index contributed by atoms with van der Waals surface area (Å²) in [6.07, 6.45) is 0.700. The normalized spacial score (nSPS) is 15.0. The van der Waals surface area contributed by atoms with Gasteiger partial charge in [-0.05, 0) is 42.3 Å². The van der Waals surface area contributed by atoms with Gasteiger partial charge in [0.1, 0.15) is 5.82 Å². The van der Waals surface area contributed by atoms with Crippen molar-refractivity contribution in [3.8, 4) is 0 Å². The van der Waals surface area contributed by atoms with E-state index in [1.54, 1.807) is 47.4 Å². The van der Waals surface area contributed by atoms with Gasteiger partial charge in [0.05, 0.1) is 6.54 Å². The van der Waals surface area contributed by atoms with Gasteiger partial charge in [-0.2, -0.15) is 0 Å². The maximum absolute atomic E-state index is 13.6. The lowest BCUT2D eigenvalue weighted by atomic mass is 10.1. The van der Waals surface area contributed by atoms with E-state index in [9.17, 15) is 14.0 Å². The van der Waals surface area contributed by atoms with Crippen LogP contribution in [0.15, 0.2) is 48.5 Å². The molecule has 1 aliphatic rings. The van der Waals surface area contributed by atoms with E-state index >= 15 is 0 Å². The van der Waals surface area contributed by atoms with Gasteiger partial charge in [0.25, 0.3) is 0 Å². The van der Waals surface area contributed by atoms with Crippen LogP contribution in [0.25, 0.3) is 0 Å². The summed E-state index contributed by atoms with van der Waals surface area (Å²) in [5.41, 5.74) is 1.21. The highest BCUT2D eigenvalue weighted by molar-refractivity contribution is 6.30. The number of carbonyl (C=O) groups is 2. The van der Waals surface area contributed by atoms with Crippen LogP contribution in [-0.2, 0) is 11.2 Å². The maximum atomic E-state index is 13.6. The standard InChI is InChI=1S/C21H22ClFN2O2/c22-18-8-5-17(6-9-18)20(26)15-24-11-13-25(14-12-24)21(27)10-7-16-3-1-2-4-19(16)23/h1-6,8-9H,7,10-15H2. The lowest BCUT2D eigenvalue weighted by Gasteiger charge is -2.34.